The van der Waals surface area contributed by atoms with Crippen molar-refractivity contribution in [1.29, 1.82) is 0 Å². The number of hydrogen-bond acceptors (Lipinski definition) is 3. The second-order valence-corrected chi connectivity index (χ2v) is 8.85. The van der Waals surface area contributed by atoms with E-state index in [9.17, 15) is 9.90 Å². The highest BCUT2D eigenvalue weighted by Gasteiger charge is 2.19. The molecule has 178 valence electrons. The van der Waals surface area contributed by atoms with Crippen LogP contribution < -0.4 is 15.0 Å². The van der Waals surface area contributed by atoms with Crippen LogP contribution in [0, 0.1) is 13.8 Å². The molecule has 0 aliphatic carbocycles. The van der Waals surface area contributed by atoms with E-state index in [0.717, 1.165) is 33.8 Å². The molecule has 2 amide bonds. The van der Waals surface area contributed by atoms with Gasteiger partial charge in [0, 0.05) is 11.3 Å². The van der Waals surface area contributed by atoms with Gasteiger partial charge < -0.3 is 15.2 Å². The zero-order chi connectivity index (χ0) is 24.9. The Balaban J connectivity index is 1.59. The van der Waals surface area contributed by atoms with Crippen LogP contribution in [0.1, 0.15) is 36.5 Å². The number of para-hydroxylation sites is 2. The summed E-state index contributed by atoms with van der Waals surface area (Å²) in [6.45, 7) is 7.96. The molecule has 0 saturated heterocycles. The molecule has 0 fully saturated rings. The molecule has 5 heteroatoms. The number of phenols is 1. The topological polar surface area (TPSA) is 61.8 Å². The maximum Gasteiger partial charge on any atom is 0.330 e. The maximum absolute atomic E-state index is 13.4. The molecular formula is C30H30N2O3. The Morgan fingerprint density at radius 1 is 0.829 bits per heavy atom. The molecule has 4 aromatic rings. The predicted octanol–water partition coefficient (Wildman–Crippen LogP) is 8.29. The van der Waals surface area contributed by atoms with Crippen LogP contribution in [0.3, 0.4) is 0 Å². The highest BCUT2D eigenvalue weighted by atomic mass is 16.5. The fourth-order valence-corrected chi connectivity index (χ4v) is 4.08. The lowest BCUT2D eigenvalue weighted by atomic mass is 10.0. The number of carbonyl (C=O) groups excluding carboxylic acids is 1. The van der Waals surface area contributed by atoms with Crippen molar-refractivity contribution < 1.29 is 14.6 Å². The summed E-state index contributed by atoms with van der Waals surface area (Å²) in [5.74, 6) is 1.83. The van der Waals surface area contributed by atoms with Crippen LogP contribution >= 0.6 is 0 Å². The minimum atomic E-state index is -0.255. The van der Waals surface area contributed by atoms with E-state index in [2.05, 4.69) is 5.32 Å². The second-order valence-electron chi connectivity index (χ2n) is 8.85. The van der Waals surface area contributed by atoms with Gasteiger partial charge in [0.15, 0.2) is 0 Å². The van der Waals surface area contributed by atoms with Crippen molar-refractivity contribution in [2.45, 2.75) is 33.6 Å². The molecule has 5 nitrogen and oxygen atoms in total. The lowest BCUT2D eigenvalue weighted by Gasteiger charge is -2.24. The van der Waals surface area contributed by atoms with Gasteiger partial charge in [-0.15, -0.1) is 0 Å². The molecule has 0 aliphatic heterocycles. The normalized spacial score (nSPS) is 10.8. The van der Waals surface area contributed by atoms with Gasteiger partial charge in [0.1, 0.15) is 17.2 Å². The van der Waals surface area contributed by atoms with Gasteiger partial charge in [0.25, 0.3) is 0 Å². The van der Waals surface area contributed by atoms with E-state index in [1.165, 1.54) is 0 Å². The van der Waals surface area contributed by atoms with E-state index in [0.29, 0.717) is 11.4 Å². The number of ether oxygens (including phenoxy) is 1. The highest BCUT2D eigenvalue weighted by Crippen LogP contribution is 2.35. The van der Waals surface area contributed by atoms with Gasteiger partial charge in [0.2, 0.25) is 0 Å². The second kappa shape index (κ2) is 10.3. The molecule has 0 radical (unpaired) electrons. The first-order valence-corrected chi connectivity index (χ1v) is 11.7. The van der Waals surface area contributed by atoms with Crippen molar-refractivity contribution in [3.8, 4) is 17.2 Å². The zero-order valence-electron chi connectivity index (χ0n) is 20.4. The molecule has 0 bridgehead atoms. The van der Waals surface area contributed by atoms with E-state index < -0.39 is 0 Å². The number of rotatable bonds is 6. The molecule has 4 rings (SSSR count). The molecule has 0 spiro atoms. The number of aromatic hydroxyl groups is 1. The van der Waals surface area contributed by atoms with E-state index in [1.54, 1.807) is 17.0 Å². The minimum absolute atomic E-state index is 0.176. The average Bonchev–Trinajstić information content (AvgIpc) is 2.84. The number of hydrogen-bond donors (Lipinski definition) is 2. The van der Waals surface area contributed by atoms with E-state index in [-0.39, 0.29) is 17.7 Å². The van der Waals surface area contributed by atoms with E-state index >= 15 is 0 Å². The lowest BCUT2D eigenvalue weighted by Crippen LogP contribution is -2.30. The number of amides is 2. The summed E-state index contributed by atoms with van der Waals surface area (Å²) < 4.78 is 6.20. The Hall–Kier alpha value is -4.25. The van der Waals surface area contributed by atoms with Gasteiger partial charge in [-0.05, 0) is 85.5 Å². The monoisotopic (exact) mass is 466 g/mol. The summed E-state index contributed by atoms with van der Waals surface area (Å²) in [7, 11) is 0. The number of benzene rings is 4. The SMILES string of the molecule is Cc1cc(NC(=O)N(c2ccccc2)c2ccccc2)cc(C)c1Oc1ccc(O)c(C(C)C)c1. The van der Waals surface area contributed by atoms with Crippen molar-refractivity contribution in [2.75, 3.05) is 10.2 Å². The number of aryl methyl sites for hydroxylation is 2. The number of nitrogens with one attached hydrogen (secondary N) is 1. The summed E-state index contributed by atoms with van der Waals surface area (Å²) in [5, 5.41) is 13.2. The highest BCUT2D eigenvalue weighted by molar-refractivity contribution is 6.07. The summed E-state index contributed by atoms with van der Waals surface area (Å²) in [4.78, 5) is 15.1. The third kappa shape index (κ3) is 5.46. The number of carbonyl (C=O) groups is 1. The Bertz CT molecular complexity index is 1260. The van der Waals surface area contributed by atoms with Gasteiger partial charge in [-0.3, -0.25) is 4.90 Å². The summed E-state index contributed by atoms with van der Waals surface area (Å²) in [6.07, 6.45) is 0. The zero-order valence-corrected chi connectivity index (χ0v) is 20.4. The summed E-state index contributed by atoms with van der Waals surface area (Å²) in [6, 6.07) is 27.9. The molecule has 35 heavy (non-hydrogen) atoms. The molecule has 0 aliphatic rings. The maximum atomic E-state index is 13.4. The molecule has 0 unspecified atom stereocenters. The molecular weight excluding hydrogens is 436 g/mol. The first-order chi connectivity index (χ1) is 16.8. The first-order valence-electron chi connectivity index (χ1n) is 11.7. The van der Waals surface area contributed by atoms with Crippen LogP contribution in [-0.2, 0) is 0 Å². The van der Waals surface area contributed by atoms with Crippen LogP contribution in [0.4, 0.5) is 21.9 Å². The van der Waals surface area contributed by atoms with Gasteiger partial charge in [-0.1, -0.05) is 50.2 Å². The van der Waals surface area contributed by atoms with Crippen LogP contribution in [0.2, 0.25) is 0 Å². The van der Waals surface area contributed by atoms with Crippen molar-refractivity contribution in [3.63, 3.8) is 0 Å². The molecule has 4 aromatic carbocycles. The molecule has 0 aromatic heterocycles. The van der Waals surface area contributed by atoms with Crippen LogP contribution in [0.25, 0.3) is 0 Å². The number of urea groups is 1. The Labute approximate surface area is 206 Å². The predicted molar refractivity (Wildman–Crippen MR) is 142 cm³/mol. The largest absolute Gasteiger partial charge is 0.508 e. The summed E-state index contributed by atoms with van der Waals surface area (Å²) in [5.41, 5.74) is 4.86. The van der Waals surface area contributed by atoms with Crippen molar-refractivity contribution >= 4 is 23.1 Å². The molecule has 0 saturated carbocycles. The quantitative estimate of drug-likeness (QED) is 0.300. The van der Waals surface area contributed by atoms with Gasteiger partial charge in [0.05, 0.1) is 11.4 Å². The smallest absolute Gasteiger partial charge is 0.330 e. The average molecular weight is 467 g/mol. The molecule has 2 N–H and O–H groups in total. The third-order valence-corrected chi connectivity index (χ3v) is 5.78. The van der Waals surface area contributed by atoms with Crippen LogP contribution in [0.5, 0.6) is 17.2 Å². The van der Waals surface area contributed by atoms with E-state index in [4.69, 9.17) is 4.74 Å². The Morgan fingerprint density at radius 3 is 1.89 bits per heavy atom. The van der Waals surface area contributed by atoms with Crippen molar-refractivity contribution in [3.05, 3.63) is 108 Å². The molecule has 0 heterocycles. The van der Waals surface area contributed by atoms with Gasteiger partial charge in [-0.25, -0.2) is 4.79 Å². The minimum Gasteiger partial charge on any atom is -0.508 e. The first kappa shape index (κ1) is 23.9. The van der Waals surface area contributed by atoms with Gasteiger partial charge >= 0.3 is 6.03 Å². The fourth-order valence-electron chi connectivity index (χ4n) is 4.08. The lowest BCUT2D eigenvalue weighted by molar-refractivity contribution is 0.259. The molecule has 0 atom stereocenters. The fraction of sp³-hybridized carbons (Fsp3) is 0.167. The summed E-state index contributed by atoms with van der Waals surface area (Å²) >= 11 is 0. The van der Waals surface area contributed by atoms with E-state index in [1.807, 2.05) is 107 Å². The van der Waals surface area contributed by atoms with Gasteiger partial charge in [-0.2, -0.15) is 0 Å². The standard InChI is InChI=1S/C30H30N2O3/c1-20(2)27-19-26(15-16-28(27)33)35-29-21(3)17-23(18-22(29)4)31-30(34)32(24-11-7-5-8-12-24)25-13-9-6-10-14-25/h5-20,33H,1-4H3,(H,31,34). The Morgan fingerprint density at radius 2 is 1.37 bits per heavy atom. The Kier molecular flexibility index (Phi) is 7.06. The number of nitrogens with zero attached hydrogens (tertiary/aromatic N) is 1. The third-order valence-electron chi connectivity index (χ3n) is 5.78. The van der Waals surface area contributed by atoms with Crippen molar-refractivity contribution in [2.24, 2.45) is 0 Å². The van der Waals surface area contributed by atoms with Crippen LogP contribution in [-0.4, -0.2) is 11.1 Å². The van der Waals surface area contributed by atoms with Crippen LogP contribution in [0.15, 0.2) is 91.0 Å². The van der Waals surface area contributed by atoms with Crippen molar-refractivity contribution in [1.82, 2.24) is 0 Å². The number of phenolic OH excluding ortho intramolecular Hbond substituents is 1. The number of anilines is 3.